The van der Waals surface area contributed by atoms with Crippen LogP contribution >= 0.6 is 11.8 Å². The van der Waals surface area contributed by atoms with Crippen LogP contribution in [0.1, 0.15) is 16.7 Å². The highest BCUT2D eigenvalue weighted by atomic mass is 32.2. The van der Waals surface area contributed by atoms with Crippen molar-refractivity contribution in [1.82, 2.24) is 5.43 Å². The van der Waals surface area contributed by atoms with Crippen LogP contribution in [-0.4, -0.2) is 17.9 Å². The van der Waals surface area contributed by atoms with Crippen LogP contribution in [-0.2, 0) is 10.5 Å². The van der Waals surface area contributed by atoms with E-state index in [1.165, 1.54) is 11.1 Å². The Morgan fingerprint density at radius 3 is 2.76 bits per heavy atom. The summed E-state index contributed by atoms with van der Waals surface area (Å²) >= 11 is 1.58. The number of carbonyl (C=O) groups is 1. The van der Waals surface area contributed by atoms with Gasteiger partial charge in [-0.3, -0.25) is 4.79 Å². The number of nitrogens with zero attached hydrogens (tertiary/aromatic N) is 1. The number of aryl methyl sites for hydroxylation is 1. The van der Waals surface area contributed by atoms with Gasteiger partial charge in [0.15, 0.2) is 0 Å². The van der Waals surface area contributed by atoms with E-state index in [-0.39, 0.29) is 5.91 Å². The third-order valence-electron chi connectivity index (χ3n) is 2.79. The fraction of sp³-hybridized carbons (Fsp3) is 0.176. The topological polar surface area (TPSA) is 41.5 Å². The summed E-state index contributed by atoms with van der Waals surface area (Å²) in [6.07, 6.45) is 1.66. The number of hydrogen-bond donors (Lipinski definition) is 1. The predicted octanol–water partition coefficient (Wildman–Crippen LogP) is 3.38. The SMILES string of the molecule is Cc1cccc(/C=N/NC(=O)CSCc2ccccc2)c1. The molecule has 0 aliphatic heterocycles. The molecule has 2 rings (SSSR count). The van der Waals surface area contributed by atoms with E-state index in [4.69, 9.17) is 0 Å². The van der Waals surface area contributed by atoms with Gasteiger partial charge < -0.3 is 0 Å². The van der Waals surface area contributed by atoms with Crippen LogP contribution in [0.2, 0.25) is 0 Å². The third-order valence-corrected chi connectivity index (χ3v) is 3.79. The van der Waals surface area contributed by atoms with E-state index in [0.717, 1.165) is 11.3 Å². The van der Waals surface area contributed by atoms with Gasteiger partial charge in [0.05, 0.1) is 12.0 Å². The van der Waals surface area contributed by atoms with Gasteiger partial charge in [0.1, 0.15) is 0 Å². The summed E-state index contributed by atoms with van der Waals surface area (Å²) in [7, 11) is 0. The largest absolute Gasteiger partial charge is 0.272 e. The average Bonchev–Trinajstić information content (AvgIpc) is 2.48. The van der Waals surface area contributed by atoms with Gasteiger partial charge in [-0.2, -0.15) is 5.10 Å². The molecular formula is C17H18N2OS. The number of thioether (sulfide) groups is 1. The summed E-state index contributed by atoms with van der Waals surface area (Å²) in [6, 6.07) is 18.1. The summed E-state index contributed by atoms with van der Waals surface area (Å²) in [5, 5.41) is 3.97. The van der Waals surface area contributed by atoms with Crippen molar-refractivity contribution in [3.63, 3.8) is 0 Å². The van der Waals surface area contributed by atoms with Crippen LogP contribution in [0.4, 0.5) is 0 Å². The van der Waals surface area contributed by atoms with Gasteiger partial charge in [-0.1, -0.05) is 60.2 Å². The Morgan fingerprint density at radius 1 is 1.19 bits per heavy atom. The maximum Gasteiger partial charge on any atom is 0.250 e. The quantitative estimate of drug-likeness (QED) is 0.656. The van der Waals surface area contributed by atoms with Crippen molar-refractivity contribution in [2.45, 2.75) is 12.7 Å². The lowest BCUT2D eigenvalue weighted by atomic mass is 10.2. The molecule has 0 atom stereocenters. The molecule has 3 nitrogen and oxygen atoms in total. The Bertz CT molecular complexity index is 611. The molecule has 0 aliphatic rings. The molecule has 2 aromatic carbocycles. The third kappa shape index (κ3) is 5.83. The van der Waals surface area contributed by atoms with Crippen LogP contribution in [0.15, 0.2) is 59.7 Å². The average molecular weight is 298 g/mol. The van der Waals surface area contributed by atoms with E-state index in [9.17, 15) is 4.79 Å². The second kappa shape index (κ2) is 8.27. The van der Waals surface area contributed by atoms with Gasteiger partial charge in [-0.15, -0.1) is 11.8 Å². The van der Waals surface area contributed by atoms with Gasteiger partial charge in [0.25, 0.3) is 0 Å². The minimum absolute atomic E-state index is 0.0835. The molecule has 21 heavy (non-hydrogen) atoms. The monoisotopic (exact) mass is 298 g/mol. The fourth-order valence-corrected chi connectivity index (χ4v) is 2.58. The molecule has 0 fully saturated rings. The Kier molecular flexibility index (Phi) is 6.03. The molecule has 0 unspecified atom stereocenters. The van der Waals surface area contributed by atoms with Crippen molar-refractivity contribution in [3.8, 4) is 0 Å². The van der Waals surface area contributed by atoms with Gasteiger partial charge >= 0.3 is 0 Å². The van der Waals surface area contributed by atoms with E-state index in [0.29, 0.717) is 5.75 Å². The molecule has 0 radical (unpaired) electrons. The molecule has 1 amide bonds. The number of hydrogen-bond acceptors (Lipinski definition) is 3. The van der Waals surface area contributed by atoms with Gasteiger partial charge in [-0.05, 0) is 18.1 Å². The molecule has 0 saturated carbocycles. The Labute approximate surface area is 129 Å². The van der Waals surface area contributed by atoms with Crippen molar-refractivity contribution >= 4 is 23.9 Å². The second-order valence-electron chi connectivity index (χ2n) is 4.69. The molecule has 1 N–H and O–H groups in total. The Balaban J connectivity index is 1.70. The maximum atomic E-state index is 11.6. The molecule has 4 heteroatoms. The minimum Gasteiger partial charge on any atom is -0.272 e. The standard InChI is InChI=1S/C17H18N2OS/c1-14-6-5-9-16(10-14)11-18-19-17(20)13-21-12-15-7-3-2-4-8-15/h2-11H,12-13H2,1H3,(H,19,20)/b18-11+. The number of carbonyl (C=O) groups excluding carboxylic acids is 1. The molecule has 0 aliphatic carbocycles. The van der Waals surface area contributed by atoms with Crippen LogP contribution in [0.5, 0.6) is 0 Å². The molecule has 0 saturated heterocycles. The zero-order chi connectivity index (χ0) is 14.9. The number of hydrazone groups is 1. The molecule has 0 bridgehead atoms. The summed E-state index contributed by atoms with van der Waals surface area (Å²) in [5.41, 5.74) is 5.92. The summed E-state index contributed by atoms with van der Waals surface area (Å²) in [6.45, 7) is 2.02. The zero-order valence-corrected chi connectivity index (χ0v) is 12.8. The van der Waals surface area contributed by atoms with Gasteiger partial charge in [0.2, 0.25) is 5.91 Å². The van der Waals surface area contributed by atoms with Gasteiger partial charge in [-0.25, -0.2) is 5.43 Å². The maximum absolute atomic E-state index is 11.6. The highest BCUT2D eigenvalue weighted by Crippen LogP contribution is 2.10. The normalized spacial score (nSPS) is 10.7. The zero-order valence-electron chi connectivity index (χ0n) is 12.0. The van der Waals surface area contributed by atoms with Gasteiger partial charge in [0, 0.05) is 5.75 Å². The lowest BCUT2D eigenvalue weighted by Crippen LogP contribution is -2.19. The van der Waals surface area contributed by atoms with Crippen LogP contribution < -0.4 is 5.43 Å². The van der Waals surface area contributed by atoms with E-state index < -0.39 is 0 Å². The van der Waals surface area contributed by atoms with Crippen molar-refractivity contribution in [2.75, 3.05) is 5.75 Å². The van der Waals surface area contributed by atoms with Crippen LogP contribution in [0.25, 0.3) is 0 Å². The van der Waals surface area contributed by atoms with Crippen molar-refractivity contribution < 1.29 is 4.79 Å². The summed E-state index contributed by atoms with van der Waals surface area (Å²) in [5.74, 6) is 1.15. The molecule has 0 heterocycles. The first-order valence-electron chi connectivity index (χ1n) is 6.74. The summed E-state index contributed by atoms with van der Waals surface area (Å²) < 4.78 is 0. The Hall–Kier alpha value is -2.07. The first kappa shape index (κ1) is 15.3. The number of nitrogens with one attached hydrogen (secondary N) is 1. The molecule has 0 spiro atoms. The first-order valence-corrected chi connectivity index (χ1v) is 7.90. The van der Waals surface area contributed by atoms with E-state index in [2.05, 4.69) is 22.7 Å². The minimum atomic E-state index is -0.0835. The highest BCUT2D eigenvalue weighted by molar-refractivity contribution is 7.99. The fourth-order valence-electron chi connectivity index (χ4n) is 1.80. The molecule has 2 aromatic rings. The number of amides is 1. The van der Waals surface area contributed by atoms with Crippen molar-refractivity contribution in [3.05, 3.63) is 71.3 Å². The van der Waals surface area contributed by atoms with E-state index >= 15 is 0 Å². The first-order chi connectivity index (χ1) is 10.2. The van der Waals surface area contributed by atoms with Crippen molar-refractivity contribution in [1.29, 1.82) is 0 Å². The molecule has 0 aromatic heterocycles. The van der Waals surface area contributed by atoms with E-state index in [1.807, 2.05) is 49.4 Å². The lowest BCUT2D eigenvalue weighted by Gasteiger charge is -2.01. The summed E-state index contributed by atoms with van der Waals surface area (Å²) in [4.78, 5) is 11.6. The van der Waals surface area contributed by atoms with E-state index in [1.54, 1.807) is 18.0 Å². The molecule has 108 valence electrons. The highest BCUT2D eigenvalue weighted by Gasteiger charge is 2.00. The Morgan fingerprint density at radius 2 is 2.00 bits per heavy atom. The molecular weight excluding hydrogens is 280 g/mol. The number of benzene rings is 2. The second-order valence-corrected chi connectivity index (χ2v) is 5.67. The number of rotatable bonds is 6. The van der Waals surface area contributed by atoms with Crippen LogP contribution in [0.3, 0.4) is 0 Å². The lowest BCUT2D eigenvalue weighted by molar-refractivity contribution is -0.118. The smallest absolute Gasteiger partial charge is 0.250 e. The van der Waals surface area contributed by atoms with Crippen LogP contribution in [0, 0.1) is 6.92 Å². The predicted molar refractivity (Wildman–Crippen MR) is 89.5 cm³/mol. The van der Waals surface area contributed by atoms with Crippen molar-refractivity contribution in [2.24, 2.45) is 5.10 Å².